The number of halogens is 2. The fourth-order valence-electron chi connectivity index (χ4n) is 1.27. The van der Waals surface area contributed by atoms with Gasteiger partial charge in [-0.05, 0) is 42.1 Å². The number of hydrogen-bond donors (Lipinski definition) is 1. The van der Waals surface area contributed by atoms with E-state index >= 15 is 0 Å². The molecular formula is C11H15Cl2N. The van der Waals surface area contributed by atoms with Crippen molar-refractivity contribution < 1.29 is 0 Å². The van der Waals surface area contributed by atoms with Crippen molar-refractivity contribution in [3.05, 3.63) is 33.8 Å². The normalized spacial score (nSPS) is 11.8. The van der Waals surface area contributed by atoms with Crippen LogP contribution in [0.5, 0.6) is 0 Å². The van der Waals surface area contributed by atoms with Crippen LogP contribution < -0.4 is 5.73 Å². The van der Waals surface area contributed by atoms with Crippen molar-refractivity contribution in [2.75, 3.05) is 6.54 Å². The SMILES string of the molecule is CC(C)(CN)Cc1cc(Cl)ccc1Cl. The van der Waals surface area contributed by atoms with Crippen LogP contribution in [0.4, 0.5) is 0 Å². The van der Waals surface area contributed by atoms with Crippen LogP contribution in [0.2, 0.25) is 10.0 Å². The molecule has 0 aromatic heterocycles. The number of hydrogen-bond acceptors (Lipinski definition) is 1. The zero-order chi connectivity index (χ0) is 10.8. The van der Waals surface area contributed by atoms with Gasteiger partial charge in [0.05, 0.1) is 0 Å². The zero-order valence-corrected chi connectivity index (χ0v) is 9.99. The highest BCUT2D eigenvalue weighted by Gasteiger charge is 2.17. The predicted molar refractivity (Wildman–Crippen MR) is 63.0 cm³/mol. The van der Waals surface area contributed by atoms with Crippen LogP contribution in [-0.2, 0) is 6.42 Å². The Bertz CT molecular complexity index is 321. The molecule has 0 aliphatic carbocycles. The minimum Gasteiger partial charge on any atom is -0.330 e. The average Bonchev–Trinajstić information content (AvgIpc) is 2.11. The molecule has 1 rings (SSSR count). The molecule has 0 fully saturated rings. The van der Waals surface area contributed by atoms with Gasteiger partial charge in [0.15, 0.2) is 0 Å². The van der Waals surface area contributed by atoms with E-state index in [1.165, 1.54) is 0 Å². The topological polar surface area (TPSA) is 26.0 Å². The van der Waals surface area contributed by atoms with E-state index < -0.39 is 0 Å². The third-order valence-corrected chi connectivity index (χ3v) is 2.83. The maximum Gasteiger partial charge on any atom is 0.0439 e. The molecule has 0 spiro atoms. The van der Waals surface area contributed by atoms with Crippen molar-refractivity contribution in [1.82, 2.24) is 0 Å². The highest BCUT2D eigenvalue weighted by molar-refractivity contribution is 6.33. The van der Waals surface area contributed by atoms with E-state index in [1.807, 2.05) is 12.1 Å². The van der Waals surface area contributed by atoms with E-state index in [0.29, 0.717) is 6.54 Å². The van der Waals surface area contributed by atoms with Crippen molar-refractivity contribution in [2.24, 2.45) is 11.1 Å². The van der Waals surface area contributed by atoms with Gasteiger partial charge < -0.3 is 5.73 Å². The van der Waals surface area contributed by atoms with Gasteiger partial charge in [-0.2, -0.15) is 0 Å². The first-order valence-corrected chi connectivity index (χ1v) is 5.34. The molecule has 78 valence electrons. The minimum absolute atomic E-state index is 0.0638. The van der Waals surface area contributed by atoms with Crippen LogP contribution in [0.1, 0.15) is 19.4 Å². The molecule has 0 saturated carbocycles. The van der Waals surface area contributed by atoms with Crippen molar-refractivity contribution in [2.45, 2.75) is 20.3 Å². The Balaban J connectivity index is 2.91. The first kappa shape index (κ1) is 11.8. The van der Waals surface area contributed by atoms with Gasteiger partial charge >= 0.3 is 0 Å². The lowest BCUT2D eigenvalue weighted by Gasteiger charge is -2.22. The summed E-state index contributed by atoms with van der Waals surface area (Å²) in [6.45, 7) is 4.87. The van der Waals surface area contributed by atoms with Gasteiger partial charge in [-0.1, -0.05) is 37.0 Å². The third kappa shape index (κ3) is 3.16. The summed E-state index contributed by atoms with van der Waals surface area (Å²) in [5.41, 5.74) is 6.79. The Morgan fingerprint density at radius 2 is 1.93 bits per heavy atom. The molecule has 14 heavy (non-hydrogen) atoms. The standard InChI is InChI=1S/C11H15Cl2N/c1-11(2,7-14)6-8-5-9(12)3-4-10(8)13/h3-5H,6-7,14H2,1-2H3. The van der Waals surface area contributed by atoms with E-state index in [0.717, 1.165) is 22.0 Å². The van der Waals surface area contributed by atoms with Gasteiger partial charge in [0, 0.05) is 10.0 Å². The second-order valence-electron chi connectivity index (χ2n) is 4.28. The maximum atomic E-state index is 6.06. The second-order valence-corrected chi connectivity index (χ2v) is 5.12. The van der Waals surface area contributed by atoms with Gasteiger partial charge in [-0.25, -0.2) is 0 Å². The Kier molecular flexibility index (Phi) is 3.82. The Hall–Kier alpha value is -0.240. The molecule has 0 heterocycles. The molecule has 1 aromatic rings. The van der Waals surface area contributed by atoms with Gasteiger partial charge in [0.25, 0.3) is 0 Å². The summed E-state index contributed by atoms with van der Waals surface area (Å²) in [5.74, 6) is 0. The minimum atomic E-state index is 0.0638. The highest BCUT2D eigenvalue weighted by Crippen LogP contribution is 2.27. The maximum absolute atomic E-state index is 6.06. The lowest BCUT2D eigenvalue weighted by molar-refractivity contribution is 0.377. The van der Waals surface area contributed by atoms with E-state index in [4.69, 9.17) is 28.9 Å². The molecule has 0 saturated heterocycles. The predicted octanol–water partition coefficient (Wildman–Crippen LogP) is 3.52. The number of benzene rings is 1. The lowest BCUT2D eigenvalue weighted by atomic mass is 9.86. The molecule has 2 N–H and O–H groups in total. The van der Waals surface area contributed by atoms with Gasteiger partial charge in [-0.3, -0.25) is 0 Å². The van der Waals surface area contributed by atoms with Crippen LogP contribution in [-0.4, -0.2) is 6.54 Å². The highest BCUT2D eigenvalue weighted by atomic mass is 35.5. The van der Waals surface area contributed by atoms with E-state index in [1.54, 1.807) is 6.07 Å². The quantitative estimate of drug-likeness (QED) is 0.847. The smallest absolute Gasteiger partial charge is 0.0439 e. The molecule has 1 aromatic carbocycles. The fourth-order valence-corrected chi connectivity index (χ4v) is 1.65. The largest absolute Gasteiger partial charge is 0.330 e. The second kappa shape index (κ2) is 4.52. The molecule has 1 nitrogen and oxygen atoms in total. The Morgan fingerprint density at radius 1 is 1.29 bits per heavy atom. The van der Waals surface area contributed by atoms with E-state index in [9.17, 15) is 0 Å². The zero-order valence-electron chi connectivity index (χ0n) is 8.48. The summed E-state index contributed by atoms with van der Waals surface area (Å²) in [4.78, 5) is 0. The van der Waals surface area contributed by atoms with Gasteiger partial charge in [0.1, 0.15) is 0 Å². The van der Waals surface area contributed by atoms with Crippen LogP contribution in [0.15, 0.2) is 18.2 Å². The summed E-state index contributed by atoms with van der Waals surface area (Å²) in [6, 6.07) is 5.52. The number of rotatable bonds is 3. The van der Waals surface area contributed by atoms with Crippen molar-refractivity contribution in [3.8, 4) is 0 Å². The molecule has 0 radical (unpaired) electrons. The molecule has 0 unspecified atom stereocenters. The monoisotopic (exact) mass is 231 g/mol. The summed E-state index contributed by atoms with van der Waals surface area (Å²) in [5, 5.41) is 1.48. The molecule has 0 amide bonds. The summed E-state index contributed by atoms with van der Waals surface area (Å²) < 4.78 is 0. The number of nitrogens with two attached hydrogens (primary N) is 1. The third-order valence-electron chi connectivity index (χ3n) is 2.23. The summed E-state index contributed by atoms with van der Waals surface area (Å²) >= 11 is 12.0. The molecule has 0 atom stereocenters. The first-order valence-electron chi connectivity index (χ1n) is 4.58. The fraction of sp³-hybridized carbons (Fsp3) is 0.455. The van der Waals surface area contributed by atoms with Gasteiger partial charge in [0.2, 0.25) is 0 Å². The van der Waals surface area contributed by atoms with Crippen LogP contribution in [0, 0.1) is 5.41 Å². The van der Waals surface area contributed by atoms with Crippen molar-refractivity contribution in [1.29, 1.82) is 0 Å². The molecular weight excluding hydrogens is 217 g/mol. The molecule has 3 heteroatoms. The summed E-state index contributed by atoms with van der Waals surface area (Å²) in [6.07, 6.45) is 0.850. The van der Waals surface area contributed by atoms with E-state index in [2.05, 4.69) is 13.8 Å². The Morgan fingerprint density at radius 3 is 2.50 bits per heavy atom. The van der Waals surface area contributed by atoms with Crippen LogP contribution in [0.25, 0.3) is 0 Å². The lowest BCUT2D eigenvalue weighted by Crippen LogP contribution is -2.26. The van der Waals surface area contributed by atoms with Crippen LogP contribution in [0.3, 0.4) is 0 Å². The summed E-state index contributed by atoms with van der Waals surface area (Å²) in [7, 11) is 0. The molecule has 0 aliphatic heterocycles. The van der Waals surface area contributed by atoms with Crippen molar-refractivity contribution >= 4 is 23.2 Å². The van der Waals surface area contributed by atoms with Crippen molar-refractivity contribution in [3.63, 3.8) is 0 Å². The van der Waals surface area contributed by atoms with Gasteiger partial charge in [-0.15, -0.1) is 0 Å². The molecule has 0 aliphatic rings. The van der Waals surface area contributed by atoms with E-state index in [-0.39, 0.29) is 5.41 Å². The first-order chi connectivity index (χ1) is 6.44. The molecule has 0 bridgehead atoms. The van der Waals surface area contributed by atoms with Crippen LogP contribution >= 0.6 is 23.2 Å². The Labute approximate surface area is 95.2 Å². The average molecular weight is 232 g/mol.